The molecule has 0 aliphatic carbocycles. The third-order valence-corrected chi connectivity index (χ3v) is 8.23. The van der Waals surface area contributed by atoms with E-state index in [-0.39, 0.29) is 29.0 Å². The summed E-state index contributed by atoms with van der Waals surface area (Å²) in [6.07, 6.45) is 2.91. The molecule has 10 nitrogen and oxygen atoms in total. The van der Waals surface area contributed by atoms with Crippen LogP contribution in [0.15, 0.2) is 49.1 Å². The molecule has 228 valence electrons. The van der Waals surface area contributed by atoms with E-state index in [4.69, 9.17) is 4.74 Å². The first-order chi connectivity index (χ1) is 20.4. The van der Waals surface area contributed by atoms with E-state index < -0.39 is 45.8 Å². The molecule has 0 saturated carbocycles. The molecule has 2 aromatic carbocycles. The number of nitrogens with zero attached hydrogens (tertiary/aromatic N) is 4. The van der Waals surface area contributed by atoms with E-state index in [9.17, 15) is 26.0 Å². The molecule has 0 bridgehead atoms. The molecule has 3 heterocycles. The summed E-state index contributed by atoms with van der Waals surface area (Å²) in [7, 11) is -4.61. The van der Waals surface area contributed by atoms with Crippen LogP contribution in [0.1, 0.15) is 25.3 Å². The number of hydrogen-bond acceptors (Lipinski definition) is 9. The summed E-state index contributed by atoms with van der Waals surface area (Å²) in [6.45, 7) is 3.74. The fourth-order valence-electron chi connectivity index (χ4n) is 4.70. The molecule has 15 heteroatoms. The van der Waals surface area contributed by atoms with Crippen molar-refractivity contribution in [2.24, 2.45) is 0 Å². The molecule has 0 spiro atoms. The maximum atomic E-state index is 14.9. The van der Waals surface area contributed by atoms with E-state index in [0.29, 0.717) is 41.7 Å². The normalized spacial score (nSPS) is 17.5. The first-order valence-corrected chi connectivity index (χ1v) is 15.1. The van der Waals surface area contributed by atoms with Crippen LogP contribution in [0.5, 0.6) is 11.6 Å². The summed E-state index contributed by atoms with van der Waals surface area (Å²) >= 11 is 0. The van der Waals surface area contributed by atoms with Crippen LogP contribution in [-0.4, -0.2) is 65.3 Å². The monoisotopic (exact) mass is 619 g/mol. The van der Waals surface area contributed by atoms with Gasteiger partial charge in [-0.15, -0.1) is 0 Å². The Balaban J connectivity index is 1.48. The van der Waals surface area contributed by atoms with Crippen LogP contribution < -0.4 is 20.1 Å². The minimum atomic E-state index is -4.61. The molecular formula is C28H29F4N7O3S. The molecule has 43 heavy (non-hydrogen) atoms. The lowest BCUT2D eigenvalue weighted by atomic mass is 10.0. The quantitative estimate of drug-likeness (QED) is 0.204. The molecule has 2 atom stereocenters. The zero-order valence-corrected chi connectivity index (χ0v) is 24.1. The second-order valence-corrected chi connectivity index (χ2v) is 12.0. The SMILES string of the molecule is CCC(F)(F)CS(=O)(=O)Nc1c(F)ccc2c(Oc3ncncc3-c3ccnc(N[C@@H]4CNC[C@@H](F)C4)n3)c(C)ccc12. The predicted octanol–water partition coefficient (Wildman–Crippen LogP) is 5.23. The molecule has 0 radical (unpaired) electrons. The van der Waals surface area contributed by atoms with Gasteiger partial charge in [0.15, 0.2) is 0 Å². The number of hydrogen-bond donors (Lipinski definition) is 3. The first-order valence-electron chi connectivity index (χ1n) is 13.5. The second-order valence-electron chi connectivity index (χ2n) is 10.2. The summed E-state index contributed by atoms with van der Waals surface area (Å²) < 4.78 is 89.8. The lowest BCUT2D eigenvalue weighted by molar-refractivity contribution is 0.0219. The van der Waals surface area contributed by atoms with Crippen molar-refractivity contribution in [3.63, 3.8) is 0 Å². The average molecular weight is 620 g/mol. The summed E-state index contributed by atoms with van der Waals surface area (Å²) in [5.41, 5.74) is 0.921. The molecule has 1 fully saturated rings. The molecule has 2 aromatic heterocycles. The van der Waals surface area contributed by atoms with Crippen molar-refractivity contribution in [2.75, 3.05) is 28.9 Å². The van der Waals surface area contributed by atoms with Gasteiger partial charge in [0.25, 0.3) is 5.92 Å². The zero-order chi connectivity index (χ0) is 30.8. The lowest BCUT2D eigenvalue weighted by Crippen LogP contribution is -2.44. The molecule has 4 aromatic rings. The topological polar surface area (TPSA) is 131 Å². The number of halogens is 4. The van der Waals surface area contributed by atoms with Crippen LogP contribution in [0.3, 0.4) is 0 Å². The van der Waals surface area contributed by atoms with Gasteiger partial charge in [-0.25, -0.2) is 45.9 Å². The van der Waals surface area contributed by atoms with Gasteiger partial charge in [-0.1, -0.05) is 19.1 Å². The Morgan fingerprint density at radius 1 is 1.12 bits per heavy atom. The molecule has 3 N–H and O–H groups in total. The van der Waals surface area contributed by atoms with Gasteiger partial charge in [0.05, 0.1) is 16.9 Å². The number of fused-ring (bicyclic) bond motifs is 1. The van der Waals surface area contributed by atoms with Gasteiger partial charge in [0.2, 0.25) is 21.9 Å². The van der Waals surface area contributed by atoms with Gasteiger partial charge in [-0.2, -0.15) is 0 Å². The maximum absolute atomic E-state index is 14.9. The Morgan fingerprint density at radius 2 is 1.91 bits per heavy atom. The van der Waals surface area contributed by atoms with Gasteiger partial charge in [-0.05, 0) is 30.7 Å². The van der Waals surface area contributed by atoms with Crippen molar-refractivity contribution in [3.8, 4) is 22.9 Å². The van der Waals surface area contributed by atoms with Gasteiger partial charge in [0, 0.05) is 55.1 Å². The molecule has 0 unspecified atom stereocenters. The van der Waals surface area contributed by atoms with Crippen molar-refractivity contribution in [3.05, 3.63) is 60.4 Å². The minimum Gasteiger partial charge on any atom is -0.437 e. The fraction of sp³-hybridized carbons (Fsp3) is 0.357. The van der Waals surface area contributed by atoms with E-state index >= 15 is 0 Å². The summed E-state index contributed by atoms with van der Waals surface area (Å²) in [5.74, 6) is -5.33. The molecule has 1 aliphatic rings. The van der Waals surface area contributed by atoms with E-state index in [1.807, 2.05) is 4.72 Å². The number of benzene rings is 2. The van der Waals surface area contributed by atoms with E-state index in [1.54, 1.807) is 19.1 Å². The highest BCUT2D eigenvalue weighted by atomic mass is 32.2. The summed E-state index contributed by atoms with van der Waals surface area (Å²) in [6, 6.07) is 6.89. The third-order valence-electron chi connectivity index (χ3n) is 6.91. The van der Waals surface area contributed by atoms with Crippen molar-refractivity contribution >= 4 is 32.4 Å². The van der Waals surface area contributed by atoms with E-state index in [2.05, 4.69) is 30.6 Å². The number of alkyl halides is 3. The van der Waals surface area contributed by atoms with E-state index in [1.165, 1.54) is 30.9 Å². The van der Waals surface area contributed by atoms with Crippen molar-refractivity contribution < 1.29 is 30.7 Å². The molecule has 5 rings (SSSR count). The highest BCUT2D eigenvalue weighted by Crippen LogP contribution is 2.39. The smallest absolute Gasteiger partial charge is 0.263 e. The lowest BCUT2D eigenvalue weighted by Gasteiger charge is -2.26. The van der Waals surface area contributed by atoms with Crippen LogP contribution in [0.25, 0.3) is 22.0 Å². The highest BCUT2D eigenvalue weighted by Gasteiger charge is 2.34. The van der Waals surface area contributed by atoms with Crippen LogP contribution in [-0.2, 0) is 10.0 Å². The summed E-state index contributed by atoms with van der Waals surface area (Å²) in [5, 5.41) is 6.54. The third kappa shape index (κ3) is 7.10. The Labute approximate surface area is 245 Å². The minimum absolute atomic E-state index is 0.0902. The standard InChI is InChI=1S/C28H29F4N7O3S/c1-3-28(31,32)14-43(40,41)39-24-19-5-4-16(2)25(20(19)6-7-22(24)30)42-26-21(13-34-15-36-26)23-8-9-35-27(38-23)37-18-10-17(29)11-33-12-18/h4-9,13,15,17-18,33,39H,3,10-12,14H2,1-2H3,(H,35,37,38)/t17-,18-/m0/s1. The molecule has 0 amide bonds. The van der Waals surface area contributed by atoms with Gasteiger partial charge >= 0.3 is 0 Å². The zero-order valence-electron chi connectivity index (χ0n) is 23.2. The number of rotatable bonds is 10. The van der Waals surface area contributed by atoms with Gasteiger partial charge in [0.1, 0.15) is 29.8 Å². The fourth-order valence-corrected chi connectivity index (χ4v) is 6.05. The first kappa shape index (κ1) is 30.4. The molecular weight excluding hydrogens is 590 g/mol. The molecule has 1 saturated heterocycles. The largest absolute Gasteiger partial charge is 0.437 e. The van der Waals surface area contributed by atoms with Crippen molar-refractivity contribution in [2.45, 2.75) is 44.8 Å². The number of aryl methyl sites for hydroxylation is 1. The van der Waals surface area contributed by atoms with Crippen molar-refractivity contribution in [1.29, 1.82) is 0 Å². The van der Waals surface area contributed by atoms with Crippen molar-refractivity contribution in [1.82, 2.24) is 25.3 Å². The second kappa shape index (κ2) is 12.2. The van der Waals surface area contributed by atoms with Crippen LogP contribution in [0.4, 0.5) is 29.2 Å². The van der Waals surface area contributed by atoms with Crippen LogP contribution in [0.2, 0.25) is 0 Å². The number of piperidine rings is 1. The average Bonchev–Trinajstić information content (AvgIpc) is 2.96. The van der Waals surface area contributed by atoms with Crippen LogP contribution >= 0.6 is 0 Å². The number of nitrogens with one attached hydrogen (secondary N) is 3. The Bertz CT molecular complexity index is 1740. The van der Waals surface area contributed by atoms with E-state index in [0.717, 1.165) is 13.0 Å². The Hall–Kier alpha value is -4.11. The van der Waals surface area contributed by atoms with Gasteiger partial charge in [-0.3, -0.25) is 4.72 Å². The number of aromatic nitrogens is 4. The molecule has 1 aliphatic heterocycles. The Kier molecular flexibility index (Phi) is 8.64. The summed E-state index contributed by atoms with van der Waals surface area (Å²) in [4.78, 5) is 17.1. The number of anilines is 2. The predicted molar refractivity (Wildman–Crippen MR) is 154 cm³/mol. The Morgan fingerprint density at radius 3 is 2.67 bits per heavy atom. The maximum Gasteiger partial charge on any atom is 0.263 e. The highest BCUT2D eigenvalue weighted by molar-refractivity contribution is 7.92. The number of sulfonamides is 1. The van der Waals surface area contributed by atoms with Gasteiger partial charge < -0.3 is 15.4 Å². The van der Waals surface area contributed by atoms with Crippen LogP contribution in [0, 0.1) is 12.7 Å². The number of ether oxygens (including phenoxy) is 1.